The Morgan fingerprint density at radius 1 is 0.808 bits per heavy atom. The number of amides is 1. The number of hydrazine groups is 1. The van der Waals surface area contributed by atoms with Gasteiger partial charge in [-0.2, -0.15) is 0 Å². The Labute approximate surface area is 156 Å². The predicted octanol–water partition coefficient (Wildman–Crippen LogP) is 4.43. The number of hydrogen-bond acceptors (Lipinski definition) is 3. The highest BCUT2D eigenvalue weighted by molar-refractivity contribution is 8.01. The van der Waals surface area contributed by atoms with Gasteiger partial charge in [-0.15, -0.1) is 11.8 Å². The average Bonchev–Trinajstić information content (AvgIpc) is 3.00. The van der Waals surface area contributed by atoms with Crippen LogP contribution in [0.25, 0.3) is 0 Å². The highest BCUT2D eigenvalue weighted by Crippen LogP contribution is 2.31. The van der Waals surface area contributed by atoms with Gasteiger partial charge in [-0.25, -0.2) is 10.0 Å². The number of rotatable bonds is 4. The fraction of sp³-hybridized carbons (Fsp3) is 0.0476. The van der Waals surface area contributed by atoms with Gasteiger partial charge < -0.3 is 0 Å². The molecule has 1 unspecified atom stereocenters. The summed E-state index contributed by atoms with van der Waals surface area (Å²) in [5.41, 5.74) is 4.81. The zero-order valence-electron chi connectivity index (χ0n) is 13.9. The van der Waals surface area contributed by atoms with Gasteiger partial charge in [0.25, 0.3) is 5.91 Å². The van der Waals surface area contributed by atoms with Gasteiger partial charge in [0.2, 0.25) is 0 Å². The van der Waals surface area contributed by atoms with Crippen LogP contribution >= 0.6 is 11.8 Å². The Balaban J connectivity index is 1.69. The van der Waals surface area contributed by atoms with Crippen molar-refractivity contribution in [1.82, 2.24) is 5.43 Å². The number of anilines is 1. The van der Waals surface area contributed by atoms with Crippen LogP contribution in [0.2, 0.25) is 0 Å². The van der Waals surface area contributed by atoms with Gasteiger partial charge in [-0.3, -0.25) is 10.2 Å². The average molecular weight is 359 g/mol. The topological polar surface area (TPSA) is 44.7 Å². The lowest BCUT2D eigenvalue weighted by Gasteiger charge is -2.15. The van der Waals surface area contributed by atoms with E-state index in [-0.39, 0.29) is 5.91 Å². The van der Waals surface area contributed by atoms with E-state index in [1.807, 2.05) is 91.0 Å². The first-order chi connectivity index (χ1) is 12.8. The molecule has 4 nitrogen and oxygen atoms in total. The summed E-state index contributed by atoms with van der Waals surface area (Å²) in [7, 11) is 0. The van der Waals surface area contributed by atoms with Gasteiger partial charge in [0.05, 0.1) is 11.4 Å². The maximum atomic E-state index is 13.1. The smallest absolute Gasteiger partial charge is 0.266 e. The Hall–Kier alpha value is -3.05. The Morgan fingerprint density at radius 2 is 1.38 bits per heavy atom. The van der Waals surface area contributed by atoms with E-state index in [0.29, 0.717) is 5.84 Å². The number of amidine groups is 1. The van der Waals surface area contributed by atoms with E-state index in [2.05, 4.69) is 10.4 Å². The van der Waals surface area contributed by atoms with Crippen molar-refractivity contribution in [3.8, 4) is 0 Å². The number of carbonyl (C=O) groups excluding carboxylic acids is 1. The highest BCUT2D eigenvalue weighted by Gasteiger charge is 2.39. The van der Waals surface area contributed by atoms with Crippen molar-refractivity contribution in [3.05, 3.63) is 91.0 Å². The molecule has 5 heteroatoms. The Bertz CT molecular complexity index is 914. The molecule has 1 N–H and O–H groups in total. The Kier molecular flexibility index (Phi) is 4.71. The second-order valence-corrected chi connectivity index (χ2v) is 6.94. The lowest BCUT2D eigenvalue weighted by Crippen LogP contribution is -2.35. The van der Waals surface area contributed by atoms with E-state index in [0.717, 1.165) is 16.3 Å². The number of nitrogens with one attached hydrogen (secondary N) is 1. The van der Waals surface area contributed by atoms with Crippen LogP contribution in [-0.2, 0) is 4.79 Å². The van der Waals surface area contributed by atoms with Crippen molar-refractivity contribution in [3.63, 3.8) is 0 Å². The van der Waals surface area contributed by atoms with Gasteiger partial charge in [0, 0.05) is 4.90 Å². The summed E-state index contributed by atoms with van der Waals surface area (Å²) in [6.45, 7) is 0. The molecular weight excluding hydrogens is 342 g/mol. The zero-order valence-corrected chi connectivity index (χ0v) is 14.8. The van der Waals surface area contributed by atoms with Crippen molar-refractivity contribution in [1.29, 1.82) is 0 Å². The molecule has 3 aromatic carbocycles. The fourth-order valence-electron chi connectivity index (χ4n) is 2.70. The molecule has 26 heavy (non-hydrogen) atoms. The van der Waals surface area contributed by atoms with Crippen LogP contribution in [0.4, 0.5) is 11.4 Å². The number of aliphatic imine (C=N–C) groups is 1. The summed E-state index contributed by atoms with van der Waals surface area (Å²) < 4.78 is 0. The minimum atomic E-state index is -0.419. The molecule has 0 aromatic heterocycles. The number of carbonyl (C=O) groups is 1. The van der Waals surface area contributed by atoms with E-state index in [1.165, 1.54) is 11.8 Å². The summed E-state index contributed by atoms with van der Waals surface area (Å²) in [6, 6.07) is 29.1. The third kappa shape index (κ3) is 3.48. The molecule has 0 saturated carbocycles. The van der Waals surface area contributed by atoms with Crippen molar-refractivity contribution in [2.75, 3.05) is 5.01 Å². The van der Waals surface area contributed by atoms with Crippen LogP contribution in [0, 0.1) is 0 Å². The van der Waals surface area contributed by atoms with E-state index >= 15 is 0 Å². The first-order valence-corrected chi connectivity index (χ1v) is 9.20. The van der Waals surface area contributed by atoms with Crippen molar-refractivity contribution >= 4 is 34.9 Å². The van der Waals surface area contributed by atoms with Crippen LogP contribution < -0.4 is 10.4 Å². The van der Waals surface area contributed by atoms with Gasteiger partial charge >= 0.3 is 0 Å². The molecule has 1 heterocycles. The third-order valence-corrected chi connectivity index (χ3v) is 5.14. The molecule has 1 saturated heterocycles. The number of thioether (sulfide) groups is 1. The van der Waals surface area contributed by atoms with E-state index in [9.17, 15) is 4.79 Å². The molecular formula is C21H17N3OS. The second kappa shape index (κ2) is 7.45. The molecule has 0 bridgehead atoms. The molecule has 1 aliphatic rings. The highest BCUT2D eigenvalue weighted by atomic mass is 32.2. The molecule has 0 aliphatic carbocycles. The van der Waals surface area contributed by atoms with Gasteiger partial charge in [0.15, 0.2) is 0 Å². The molecule has 4 rings (SSSR count). The maximum absolute atomic E-state index is 13.1. The normalized spacial score (nSPS) is 18.2. The summed E-state index contributed by atoms with van der Waals surface area (Å²) in [5.74, 6) is 0.610. The maximum Gasteiger partial charge on any atom is 0.266 e. The van der Waals surface area contributed by atoms with Gasteiger partial charge in [0.1, 0.15) is 11.1 Å². The Morgan fingerprint density at radius 3 is 2.04 bits per heavy atom. The first kappa shape index (κ1) is 16.4. The number of nitrogens with zero attached hydrogens (tertiary/aromatic N) is 2. The fourth-order valence-corrected chi connectivity index (χ4v) is 3.71. The second-order valence-electron chi connectivity index (χ2n) is 5.76. The molecule has 1 atom stereocenters. The lowest BCUT2D eigenvalue weighted by atomic mass is 10.3. The molecule has 3 aromatic rings. The molecule has 1 amide bonds. The number of benzene rings is 3. The van der Waals surface area contributed by atoms with Crippen molar-refractivity contribution in [2.24, 2.45) is 4.99 Å². The van der Waals surface area contributed by atoms with Crippen LogP contribution in [0.1, 0.15) is 0 Å². The van der Waals surface area contributed by atoms with Crippen molar-refractivity contribution < 1.29 is 4.79 Å². The van der Waals surface area contributed by atoms with Crippen molar-refractivity contribution in [2.45, 2.75) is 10.1 Å². The molecule has 1 fully saturated rings. The van der Waals surface area contributed by atoms with Crippen LogP contribution in [0.5, 0.6) is 0 Å². The summed E-state index contributed by atoms with van der Waals surface area (Å²) in [4.78, 5) is 18.8. The van der Waals surface area contributed by atoms with Crippen LogP contribution in [0.3, 0.4) is 0 Å². The van der Waals surface area contributed by atoms with E-state index < -0.39 is 5.25 Å². The zero-order chi connectivity index (χ0) is 17.8. The minimum absolute atomic E-state index is 0.0280. The van der Waals surface area contributed by atoms with Gasteiger partial charge in [-0.1, -0.05) is 54.6 Å². The monoisotopic (exact) mass is 359 g/mol. The summed E-state index contributed by atoms with van der Waals surface area (Å²) in [5, 5.41) is 1.15. The molecule has 1 aliphatic heterocycles. The van der Waals surface area contributed by atoms with Crippen LogP contribution in [0.15, 0.2) is 101 Å². The predicted molar refractivity (Wildman–Crippen MR) is 107 cm³/mol. The van der Waals surface area contributed by atoms with Gasteiger partial charge in [-0.05, 0) is 36.4 Å². The summed E-state index contributed by atoms with van der Waals surface area (Å²) in [6.07, 6.45) is 0. The molecule has 0 radical (unpaired) electrons. The third-order valence-electron chi connectivity index (χ3n) is 3.94. The van der Waals surface area contributed by atoms with Crippen LogP contribution in [-0.4, -0.2) is 17.0 Å². The standard InChI is InChI=1S/C21H17N3OS/c25-21-19(26-18-14-8-3-9-15-18)20(22-16-10-4-1-5-11-16)23-24(21)17-12-6-2-7-13-17/h1-15,19H,(H,22,23). The quantitative estimate of drug-likeness (QED) is 0.749. The molecule has 0 spiro atoms. The SMILES string of the molecule is O=C1C(Sc2ccccc2)C(=Nc2ccccc2)NN1c1ccccc1. The van der Waals surface area contributed by atoms with E-state index in [1.54, 1.807) is 5.01 Å². The number of hydrogen-bond donors (Lipinski definition) is 1. The number of para-hydroxylation sites is 2. The molecule has 128 valence electrons. The summed E-state index contributed by atoms with van der Waals surface area (Å²) >= 11 is 1.50. The first-order valence-electron chi connectivity index (χ1n) is 8.32. The minimum Gasteiger partial charge on any atom is -0.277 e. The lowest BCUT2D eigenvalue weighted by molar-refractivity contribution is -0.116. The van der Waals surface area contributed by atoms with E-state index in [4.69, 9.17) is 0 Å². The largest absolute Gasteiger partial charge is 0.277 e.